The second-order valence-electron chi connectivity index (χ2n) is 5.34. The van der Waals surface area contributed by atoms with E-state index in [1.54, 1.807) is 6.20 Å². The number of aryl methyl sites for hydroxylation is 1. The third-order valence-electron chi connectivity index (χ3n) is 3.75. The van der Waals surface area contributed by atoms with E-state index in [-0.39, 0.29) is 11.9 Å². The highest BCUT2D eigenvalue weighted by molar-refractivity contribution is 5.74. The zero-order chi connectivity index (χ0) is 13.7. The molecule has 5 heteroatoms. The number of aromatic nitrogens is 2. The predicted octanol–water partition coefficient (Wildman–Crippen LogP) is 2.02. The van der Waals surface area contributed by atoms with Gasteiger partial charge in [0.15, 0.2) is 0 Å². The van der Waals surface area contributed by atoms with Gasteiger partial charge in [0.1, 0.15) is 0 Å². The molecule has 3 N–H and O–H groups in total. The third kappa shape index (κ3) is 4.19. The Balaban J connectivity index is 2.06. The SMILES string of the molecule is Cc1ccnc(N[C@H](CC(N)=O)C2CCCCC2)n1. The van der Waals surface area contributed by atoms with Gasteiger partial charge in [-0.3, -0.25) is 4.79 Å². The van der Waals surface area contributed by atoms with Gasteiger partial charge in [0.2, 0.25) is 11.9 Å². The fourth-order valence-electron chi connectivity index (χ4n) is 2.77. The van der Waals surface area contributed by atoms with E-state index in [1.807, 2.05) is 13.0 Å². The number of nitrogens with one attached hydrogen (secondary N) is 1. The number of anilines is 1. The van der Waals surface area contributed by atoms with E-state index in [2.05, 4.69) is 15.3 Å². The van der Waals surface area contributed by atoms with E-state index >= 15 is 0 Å². The molecular weight excluding hydrogens is 240 g/mol. The summed E-state index contributed by atoms with van der Waals surface area (Å²) in [7, 11) is 0. The molecule has 19 heavy (non-hydrogen) atoms. The lowest BCUT2D eigenvalue weighted by atomic mass is 9.82. The zero-order valence-corrected chi connectivity index (χ0v) is 11.4. The van der Waals surface area contributed by atoms with E-state index in [9.17, 15) is 4.79 Å². The molecule has 1 aromatic heterocycles. The van der Waals surface area contributed by atoms with E-state index in [1.165, 1.54) is 19.3 Å². The van der Waals surface area contributed by atoms with Crippen LogP contribution in [0, 0.1) is 12.8 Å². The van der Waals surface area contributed by atoms with Crippen molar-refractivity contribution in [3.05, 3.63) is 18.0 Å². The first-order valence-electron chi connectivity index (χ1n) is 6.99. The summed E-state index contributed by atoms with van der Waals surface area (Å²) in [6.45, 7) is 1.93. The molecule has 0 spiro atoms. The maximum absolute atomic E-state index is 11.3. The predicted molar refractivity (Wildman–Crippen MR) is 74.6 cm³/mol. The van der Waals surface area contributed by atoms with Gasteiger partial charge in [0.25, 0.3) is 0 Å². The molecule has 0 radical (unpaired) electrons. The summed E-state index contributed by atoms with van der Waals surface area (Å²) in [5.41, 5.74) is 6.28. The average Bonchev–Trinajstić information content (AvgIpc) is 2.38. The molecule has 1 amide bonds. The number of amides is 1. The first-order chi connectivity index (χ1) is 9.15. The highest BCUT2D eigenvalue weighted by Gasteiger charge is 2.25. The molecular formula is C14H22N4O. The maximum Gasteiger partial charge on any atom is 0.223 e. The Morgan fingerprint density at radius 3 is 2.84 bits per heavy atom. The third-order valence-corrected chi connectivity index (χ3v) is 3.75. The maximum atomic E-state index is 11.3. The van der Waals surface area contributed by atoms with Crippen molar-refractivity contribution in [3.63, 3.8) is 0 Å². The highest BCUT2D eigenvalue weighted by atomic mass is 16.1. The van der Waals surface area contributed by atoms with Crippen molar-refractivity contribution in [2.75, 3.05) is 5.32 Å². The van der Waals surface area contributed by atoms with Crippen LogP contribution < -0.4 is 11.1 Å². The second kappa shape index (κ2) is 6.50. The Kier molecular flexibility index (Phi) is 4.71. The van der Waals surface area contributed by atoms with Crippen LogP contribution in [-0.2, 0) is 4.79 Å². The Morgan fingerprint density at radius 2 is 2.21 bits per heavy atom. The van der Waals surface area contributed by atoms with Gasteiger partial charge in [0.05, 0.1) is 0 Å². The lowest BCUT2D eigenvalue weighted by molar-refractivity contribution is -0.118. The zero-order valence-electron chi connectivity index (χ0n) is 11.4. The largest absolute Gasteiger partial charge is 0.370 e. The molecule has 5 nitrogen and oxygen atoms in total. The minimum absolute atomic E-state index is 0.0552. The van der Waals surface area contributed by atoms with Crippen molar-refractivity contribution in [3.8, 4) is 0 Å². The van der Waals surface area contributed by atoms with Crippen molar-refractivity contribution < 1.29 is 4.79 Å². The van der Waals surface area contributed by atoms with Crippen LogP contribution in [0.4, 0.5) is 5.95 Å². The normalized spacial score (nSPS) is 17.9. The van der Waals surface area contributed by atoms with Crippen molar-refractivity contribution in [2.45, 2.75) is 51.5 Å². The van der Waals surface area contributed by atoms with Gasteiger partial charge < -0.3 is 11.1 Å². The number of hydrogen-bond acceptors (Lipinski definition) is 4. The summed E-state index contributed by atoms with van der Waals surface area (Å²) >= 11 is 0. The molecule has 1 atom stereocenters. The molecule has 1 heterocycles. The number of carbonyl (C=O) groups excluding carboxylic acids is 1. The average molecular weight is 262 g/mol. The Morgan fingerprint density at radius 1 is 1.47 bits per heavy atom. The van der Waals surface area contributed by atoms with Gasteiger partial charge in [-0.1, -0.05) is 19.3 Å². The van der Waals surface area contributed by atoms with Crippen molar-refractivity contribution >= 4 is 11.9 Å². The first kappa shape index (κ1) is 13.8. The molecule has 1 aliphatic carbocycles. The lowest BCUT2D eigenvalue weighted by Crippen LogP contribution is -2.35. The summed E-state index contributed by atoms with van der Waals surface area (Å²) < 4.78 is 0. The highest BCUT2D eigenvalue weighted by Crippen LogP contribution is 2.29. The summed E-state index contributed by atoms with van der Waals surface area (Å²) in [5.74, 6) is 0.818. The number of nitrogens with two attached hydrogens (primary N) is 1. The molecule has 0 saturated heterocycles. The monoisotopic (exact) mass is 262 g/mol. The lowest BCUT2D eigenvalue weighted by Gasteiger charge is -2.30. The molecule has 1 fully saturated rings. The van der Waals surface area contributed by atoms with Crippen LogP contribution in [0.5, 0.6) is 0 Å². The number of hydrogen-bond donors (Lipinski definition) is 2. The van der Waals surface area contributed by atoms with Gasteiger partial charge in [-0.15, -0.1) is 0 Å². The second-order valence-corrected chi connectivity index (χ2v) is 5.34. The van der Waals surface area contributed by atoms with Gasteiger partial charge in [-0.2, -0.15) is 0 Å². The standard InChI is InChI=1S/C14H22N4O/c1-10-7-8-16-14(17-10)18-12(9-13(15)19)11-5-3-2-4-6-11/h7-8,11-12H,2-6,9H2,1H3,(H2,15,19)(H,16,17,18)/t12-/m1/s1. The van der Waals surface area contributed by atoms with Crippen LogP contribution in [0.25, 0.3) is 0 Å². The van der Waals surface area contributed by atoms with Crippen LogP contribution in [0.1, 0.15) is 44.2 Å². The fourth-order valence-corrected chi connectivity index (χ4v) is 2.77. The Hall–Kier alpha value is -1.65. The number of carbonyl (C=O) groups is 1. The summed E-state index contributed by atoms with van der Waals surface area (Å²) in [6.07, 6.45) is 8.13. The smallest absolute Gasteiger partial charge is 0.223 e. The molecule has 0 aromatic carbocycles. The van der Waals surface area contributed by atoms with E-state index in [0.717, 1.165) is 18.5 Å². The van der Waals surface area contributed by atoms with E-state index in [4.69, 9.17) is 5.73 Å². The van der Waals surface area contributed by atoms with Crippen LogP contribution in [-0.4, -0.2) is 21.9 Å². The van der Waals surface area contributed by atoms with Gasteiger partial charge in [-0.05, 0) is 31.7 Å². The number of rotatable bonds is 5. The molecule has 1 aromatic rings. The van der Waals surface area contributed by atoms with E-state index < -0.39 is 0 Å². The minimum atomic E-state index is -0.268. The van der Waals surface area contributed by atoms with E-state index in [0.29, 0.717) is 18.3 Å². The van der Waals surface area contributed by atoms with Crippen molar-refractivity contribution in [2.24, 2.45) is 11.7 Å². The summed E-state index contributed by atoms with van der Waals surface area (Å²) in [4.78, 5) is 19.8. The Labute approximate surface area is 114 Å². The Bertz CT molecular complexity index is 429. The molecule has 0 aliphatic heterocycles. The minimum Gasteiger partial charge on any atom is -0.370 e. The summed E-state index contributed by atoms with van der Waals surface area (Å²) in [5, 5.41) is 3.30. The summed E-state index contributed by atoms with van der Waals surface area (Å²) in [6, 6.07) is 1.91. The van der Waals surface area contributed by atoms with Gasteiger partial charge in [-0.25, -0.2) is 9.97 Å². The molecule has 1 saturated carbocycles. The molecule has 0 unspecified atom stereocenters. The fraction of sp³-hybridized carbons (Fsp3) is 0.643. The molecule has 104 valence electrons. The quantitative estimate of drug-likeness (QED) is 0.850. The van der Waals surface area contributed by atoms with Gasteiger partial charge >= 0.3 is 0 Å². The number of nitrogens with zero attached hydrogens (tertiary/aromatic N) is 2. The molecule has 0 bridgehead atoms. The topological polar surface area (TPSA) is 80.9 Å². The van der Waals surface area contributed by atoms with Crippen LogP contribution in [0.2, 0.25) is 0 Å². The molecule has 2 rings (SSSR count). The number of primary amides is 1. The van der Waals surface area contributed by atoms with Crippen molar-refractivity contribution in [1.82, 2.24) is 9.97 Å². The van der Waals surface area contributed by atoms with Crippen LogP contribution in [0.15, 0.2) is 12.3 Å². The van der Waals surface area contributed by atoms with Gasteiger partial charge in [0, 0.05) is 24.4 Å². The van der Waals surface area contributed by atoms with Crippen LogP contribution >= 0.6 is 0 Å². The van der Waals surface area contributed by atoms with Crippen LogP contribution in [0.3, 0.4) is 0 Å². The molecule has 1 aliphatic rings. The first-order valence-corrected chi connectivity index (χ1v) is 6.99. The van der Waals surface area contributed by atoms with Crippen molar-refractivity contribution in [1.29, 1.82) is 0 Å².